The van der Waals surface area contributed by atoms with Gasteiger partial charge in [0.05, 0.1) is 6.10 Å². The lowest BCUT2D eigenvalue weighted by Gasteiger charge is -2.30. The maximum atomic E-state index is 9.60. The molecule has 4 nitrogen and oxygen atoms in total. The van der Waals surface area contributed by atoms with Crippen LogP contribution in [-0.2, 0) is 0 Å². The van der Waals surface area contributed by atoms with Crippen molar-refractivity contribution >= 4 is 0 Å². The molecule has 18 heavy (non-hydrogen) atoms. The molecule has 0 radical (unpaired) electrons. The van der Waals surface area contributed by atoms with Crippen molar-refractivity contribution < 1.29 is 9.84 Å². The van der Waals surface area contributed by atoms with E-state index in [9.17, 15) is 5.11 Å². The van der Waals surface area contributed by atoms with Gasteiger partial charge in [-0.3, -0.25) is 0 Å². The fourth-order valence-electron chi connectivity index (χ4n) is 2.31. The van der Waals surface area contributed by atoms with Crippen LogP contribution >= 0.6 is 0 Å². The molecule has 0 saturated carbocycles. The third-order valence-electron chi connectivity index (χ3n) is 3.37. The van der Waals surface area contributed by atoms with E-state index in [4.69, 9.17) is 10.5 Å². The van der Waals surface area contributed by atoms with Crippen molar-refractivity contribution in [3.63, 3.8) is 0 Å². The molecule has 0 bridgehead atoms. The molecule has 2 rings (SSSR count). The first-order valence-electron chi connectivity index (χ1n) is 6.52. The number of nitrogens with two attached hydrogens (primary N) is 1. The van der Waals surface area contributed by atoms with Crippen molar-refractivity contribution in [1.29, 1.82) is 0 Å². The molecule has 1 aromatic carbocycles. The Morgan fingerprint density at radius 2 is 2.17 bits per heavy atom. The van der Waals surface area contributed by atoms with Gasteiger partial charge in [-0.25, -0.2) is 0 Å². The van der Waals surface area contributed by atoms with Gasteiger partial charge in [-0.2, -0.15) is 0 Å². The third kappa shape index (κ3) is 3.45. The van der Waals surface area contributed by atoms with Crippen LogP contribution in [0.5, 0.6) is 5.75 Å². The fourth-order valence-corrected chi connectivity index (χ4v) is 2.31. The lowest BCUT2D eigenvalue weighted by molar-refractivity contribution is 0.104. The molecule has 0 spiro atoms. The summed E-state index contributed by atoms with van der Waals surface area (Å²) in [6.07, 6.45) is 1.98. The molecule has 0 aromatic heterocycles. The van der Waals surface area contributed by atoms with E-state index in [0.29, 0.717) is 0 Å². The van der Waals surface area contributed by atoms with Crippen LogP contribution in [0.15, 0.2) is 24.3 Å². The highest BCUT2D eigenvalue weighted by molar-refractivity contribution is 5.28. The van der Waals surface area contributed by atoms with E-state index in [1.165, 1.54) is 6.42 Å². The van der Waals surface area contributed by atoms with Crippen LogP contribution in [-0.4, -0.2) is 42.8 Å². The maximum Gasteiger partial charge on any atom is 0.119 e. The second kappa shape index (κ2) is 6.18. The first-order chi connectivity index (χ1) is 8.69. The largest absolute Gasteiger partial charge is 0.489 e. The van der Waals surface area contributed by atoms with Crippen LogP contribution in [0.3, 0.4) is 0 Å². The van der Waals surface area contributed by atoms with Crippen LogP contribution in [0.4, 0.5) is 0 Å². The summed E-state index contributed by atoms with van der Waals surface area (Å²) in [5.74, 6) is 0.864. The third-order valence-corrected chi connectivity index (χ3v) is 3.37. The second-order valence-electron chi connectivity index (χ2n) is 4.96. The molecule has 1 aliphatic rings. The van der Waals surface area contributed by atoms with Crippen LogP contribution in [0.25, 0.3) is 0 Å². The van der Waals surface area contributed by atoms with E-state index in [-0.39, 0.29) is 12.6 Å². The predicted molar refractivity (Wildman–Crippen MR) is 71.6 cm³/mol. The zero-order valence-electron chi connectivity index (χ0n) is 10.9. The quantitative estimate of drug-likeness (QED) is 0.841. The molecule has 2 unspecified atom stereocenters. The summed E-state index contributed by atoms with van der Waals surface area (Å²) >= 11 is 0. The van der Waals surface area contributed by atoms with Gasteiger partial charge in [0, 0.05) is 13.1 Å². The first-order valence-corrected chi connectivity index (χ1v) is 6.52. The number of aliphatic hydroxyl groups is 1. The van der Waals surface area contributed by atoms with E-state index in [2.05, 4.69) is 11.9 Å². The predicted octanol–water partition coefficient (Wildman–Crippen LogP) is 1.15. The number of likely N-dealkylation sites (tertiary alicyclic amines) is 1. The highest BCUT2D eigenvalue weighted by Crippen LogP contribution is 2.20. The van der Waals surface area contributed by atoms with E-state index < -0.39 is 6.10 Å². The number of hydrogen-bond acceptors (Lipinski definition) is 4. The van der Waals surface area contributed by atoms with Gasteiger partial charge < -0.3 is 20.5 Å². The molecule has 1 aliphatic heterocycles. The molecule has 100 valence electrons. The molecule has 1 fully saturated rings. The summed E-state index contributed by atoms with van der Waals surface area (Å²) in [5.41, 5.74) is 6.26. The molecule has 1 aromatic rings. The monoisotopic (exact) mass is 250 g/mol. The van der Waals surface area contributed by atoms with Crippen LogP contribution < -0.4 is 10.5 Å². The average Bonchev–Trinajstić information content (AvgIpc) is 2.39. The minimum Gasteiger partial charge on any atom is -0.489 e. The molecule has 3 N–H and O–H groups in total. The van der Waals surface area contributed by atoms with Crippen LogP contribution in [0, 0.1) is 0 Å². The summed E-state index contributed by atoms with van der Waals surface area (Å²) in [5, 5.41) is 9.60. The zero-order valence-corrected chi connectivity index (χ0v) is 10.9. The smallest absolute Gasteiger partial charge is 0.119 e. The Balaban J connectivity index is 1.93. The average molecular weight is 250 g/mol. The Kier molecular flexibility index (Phi) is 4.58. The molecule has 0 aliphatic carbocycles. The van der Waals surface area contributed by atoms with Crippen molar-refractivity contribution in [1.82, 2.24) is 4.90 Å². The van der Waals surface area contributed by atoms with E-state index in [0.717, 1.165) is 30.8 Å². The Bertz CT molecular complexity index is 367. The van der Waals surface area contributed by atoms with Gasteiger partial charge >= 0.3 is 0 Å². The van der Waals surface area contributed by atoms with Crippen molar-refractivity contribution in [2.45, 2.75) is 25.0 Å². The highest BCUT2D eigenvalue weighted by atomic mass is 16.5. The highest BCUT2D eigenvalue weighted by Gasteiger charge is 2.18. The van der Waals surface area contributed by atoms with Crippen molar-refractivity contribution in [2.75, 3.05) is 26.7 Å². The topological polar surface area (TPSA) is 58.7 Å². The van der Waals surface area contributed by atoms with Crippen LogP contribution in [0.1, 0.15) is 24.5 Å². The summed E-state index contributed by atoms with van der Waals surface area (Å²) in [6.45, 7) is 2.38. The van der Waals surface area contributed by atoms with Crippen molar-refractivity contribution in [3.05, 3.63) is 29.8 Å². The Morgan fingerprint density at radius 1 is 1.44 bits per heavy atom. The van der Waals surface area contributed by atoms with E-state index in [1.807, 2.05) is 24.3 Å². The lowest BCUT2D eigenvalue weighted by Crippen LogP contribution is -2.38. The van der Waals surface area contributed by atoms with E-state index in [1.54, 1.807) is 0 Å². The van der Waals surface area contributed by atoms with Gasteiger partial charge in [0.25, 0.3) is 0 Å². The van der Waals surface area contributed by atoms with Crippen LogP contribution in [0.2, 0.25) is 0 Å². The molecule has 4 heteroatoms. The second-order valence-corrected chi connectivity index (χ2v) is 4.96. The van der Waals surface area contributed by atoms with Gasteiger partial charge in [-0.05, 0) is 44.1 Å². The minimum atomic E-state index is -0.583. The van der Waals surface area contributed by atoms with Gasteiger partial charge in [0.2, 0.25) is 0 Å². The van der Waals surface area contributed by atoms with Crippen molar-refractivity contribution in [2.24, 2.45) is 5.73 Å². The van der Waals surface area contributed by atoms with E-state index >= 15 is 0 Å². The summed E-state index contributed by atoms with van der Waals surface area (Å²) < 4.78 is 5.94. The molecule has 1 heterocycles. The SMILES string of the molecule is CN1CCCC(Oc2ccc(C(O)CN)cc2)C1. The number of ether oxygens (including phenoxy) is 1. The maximum absolute atomic E-state index is 9.60. The first kappa shape index (κ1) is 13.3. The lowest BCUT2D eigenvalue weighted by atomic mass is 10.1. The Labute approximate surface area is 108 Å². The number of aliphatic hydroxyl groups excluding tert-OH is 1. The van der Waals surface area contributed by atoms with Gasteiger partial charge in [-0.1, -0.05) is 12.1 Å². The minimum absolute atomic E-state index is 0.244. The number of piperidine rings is 1. The molecule has 1 saturated heterocycles. The van der Waals surface area contributed by atoms with Gasteiger partial charge in [0.1, 0.15) is 11.9 Å². The normalized spacial score (nSPS) is 22.7. The molecular formula is C14H22N2O2. The Hall–Kier alpha value is -1.10. The van der Waals surface area contributed by atoms with Gasteiger partial charge in [-0.15, -0.1) is 0 Å². The fraction of sp³-hybridized carbons (Fsp3) is 0.571. The van der Waals surface area contributed by atoms with Gasteiger partial charge in [0.15, 0.2) is 0 Å². The van der Waals surface area contributed by atoms with Crippen molar-refractivity contribution in [3.8, 4) is 5.75 Å². The summed E-state index contributed by atoms with van der Waals surface area (Å²) in [6, 6.07) is 7.56. The number of rotatable bonds is 4. The molecular weight excluding hydrogens is 228 g/mol. The molecule has 0 amide bonds. The number of hydrogen-bond donors (Lipinski definition) is 2. The number of nitrogens with zero attached hydrogens (tertiary/aromatic N) is 1. The Morgan fingerprint density at radius 3 is 2.78 bits per heavy atom. The summed E-state index contributed by atoms with van der Waals surface area (Å²) in [7, 11) is 2.12. The molecule has 2 atom stereocenters. The standard InChI is InChI=1S/C14H22N2O2/c1-16-8-2-3-13(10-16)18-12-6-4-11(5-7-12)14(17)9-15/h4-7,13-14,17H,2-3,8-10,15H2,1H3. The zero-order chi connectivity index (χ0) is 13.0. The number of benzene rings is 1. The number of likely N-dealkylation sites (N-methyl/N-ethyl adjacent to an activating group) is 1. The summed E-state index contributed by atoms with van der Waals surface area (Å²) in [4.78, 5) is 2.29.